The standard InChI is InChI=1S/C28H34N2O4/c1-19(31)34-26-15-23(29-27(33)21-6-3-2-4-7-21)16-28(22-8-5-9-24(32)14-22)12-13-30(18-25(26)28)17-20-10-11-20/h2-9,14,20,23,25-26,32H,10-13,15-18H2,1H3,(H,29,33)/t23-,25?,26?,28?/m1/s1. The first-order chi connectivity index (χ1) is 16.4. The minimum atomic E-state index is -0.295. The molecule has 1 heterocycles. The summed E-state index contributed by atoms with van der Waals surface area (Å²) in [6.45, 7) is 4.40. The van der Waals surface area contributed by atoms with Gasteiger partial charge in [0.05, 0.1) is 0 Å². The quantitative estimate of drug-likeness (QED) is 0.637. The predicted molar refractivity (Wildman–Crippen MR) is 130 cm³/mol. The van der Waals surface area contributed by atoms with E-state index in [1.807, 2.05) is 42.5 Å². The summed E-state index contributed by atoms with van der Waals surface area (Å²) in [6, 6.07) is 16.6. The molecule has 1 amide bonds. The van der Waals surface area contributed by atoms with Gasteiger partial charge in [-0.3, -0.25) is 9.59 Å². The average Bonchev–Trinajstić information content (AvgIpc) is 3.64. The van der Waals surface area contributed by atoms with Crippen LogP contribution < -0.4 is 5.32 Å². The van der Waals surface area contributed by atoms with Crippen molar-refractivity contribution in [2.45, 2.75) is 56.6 Å². The molecule has 3 fully saturated rings. The Bertz CT molecular complexity index is 1040. The SMILES string of the molecule is CC(=O)OC1C[C@@H](NC(=O)c2ccccc2)CC2(c3cccc(O)c3)CCN(CC3CC3)CC12. The molecule has 34 heavy (non-hydrogen) atoms. The number of carbonyl (C=O) groups is 2. The Kier molecular flexibility index (Phi) is 6.34. The van der Waals surface area contributed by atoms with Crippen LogP contribution in [0.1, 0.15) is 54.9 Å². The molecule has 1 saturated heterocycles. The van der Waals surface area contributed by atoms with Gasteiger partial charge in [-0.2, -0.15) is 0 Å². The Labute approximate surface area is 201 Å². The van der Waals surface area contributed by atoms with Crippen LogP contribution in [0, 0.1) is 11.8 Å². The first kappa shape index (κ1) is 22.9. The molecule has 2 N–H and O–H groups in total. The van der Waals surface area contributed by atoms with Crippen LogP contribution in [0.2, 0.25) is 0 Å². The predicted octanol–water partition coefficient (Wildman–Crippen LogP) is 3.89. The highest BCUT2D eigenvalue weighted by Crippen LogP contribution is 2.51. The number of hydrogen-bond acceptors (Lipinski definition) is 5. The van der Waals surface area contributed by atoms with E-state index in [-0.39, 0.29) is 41.1 Å². The summed E-state index contributed by atoms with van der Waals surface area (Å²) in [7, 11) is 0. The van der Waals surface area contributed by atoms with Crippen molar-refractivity contribution in [3.63, 3.8) is 0 Å². The molecule has 6 heteroatoms. The van der Waals surface area contributed by atoms with Crippen molar-refractivity contribution in [1.29, 1.82) is 0 Å². The first-order valence-electron chi connectivity index (χ1n) is 12.5. The van der Waals surface area contributed by atoms with Crippen molar-refractivity contribution in [1.82, 2.24) is 10.2 Å². The highest BCUT2D eigenvalue weighted by molar-refractivity contribution is 5.94. The zero-order valence-electron chi connectivity index (χ0n) is 19.8. The molecule has 0 radical (unpaired) electrons. The van der Waals surface area contributed by atoms with Crippen molar-refractivity contribution >= 4 is 11.9 Å². The zero-order chi connectivity index (χ0) is 23.7. The number of piperidine rings is 1. The molecule has 5 rings (SSSR count). The molecule has 0 aromatic heterocycles. The Balaban J connectivity index is 1.47. The molecule has 2 aliphatic carbocycles. The maximum atomic E-state index is 13.0. The number of phenols is 1. The lowest BCUT2D eigenvalue weighted by atomic mass is 9.57. The fraction of sp³-hybridized carbons (Fsp3) is 0.500. The van der Waals surface area contributed by atoms with E-state index < -0.39 is 0 Å². The van der Waals surface area contributed by atoms with Crippen LogP contribution in [-0.2, 0) is 14.9 Å². The number of rotatable bonds is 6. The monoisotopic (exact) mass is 462 g/mol. The van der Waals surface area contributed by atoms with E-state index in [2.05, 4.69) is 16.3 Å². The molecule has 6 nitrogen and oxygen atoms in total. The Hall–Kier alpha value is -2.86. The van der Waals surface area contributed by atoms with Crippen molar-refractivity contribution in [3.8, 4) is 5.75 Å². The van der Waals surface area contributed by atoms with Crippen LogP contribution >= 0.6 is 0 Å². The number of likely N-dealkylation sites (tertiary alicyclic amines) is 1. The number of amides is 1. The molecule has 0 bridgehead atoms. The highest BCUT2D eigenvalue weighted by atomic mass is 16.5. The summed E-state index contributed by atoms with van der Waals surface area (Å²) in [5, 5.41) is 13.5. The van der Waals surface area contributed by atoms with Crippen LogP contribution in [0.25, 0.3) is 0 Å². The number of benzene rings is 2. The Morgan fingerprint density at radius 3 is 2.65 bits per heavy atom. The molecular weight excluding hydrogens is 428 g/mol. The van der Waals surface area contributed by atoms with Crippen LogP contribution in [0.5, 0.6) is 5.75 Å². The largest absolute Gasteiger partial charge is 0.508 e. The summed E-state index contributed by atoms with van der Waals surface area (Å²) >= 11 is 0. The number of phenolic OH excluding ortho intramolecular Hbond substituents is 1. The molecule has 1 aliphatic heterocycles. The van der Waals surface area contributed by atoms with E-state index in [9.17, 15) is 14.7 Å². The third-order valence-electron chi connectivity index (χ3n) is 7.94. The Morgan fingerprint density at radius 2 is 1.94 bits per heavy atom. The summed E-state index contributed by atoms with van der Waals surface area (Å²) in [5.41, 5.74) is 1.41. The second kappa shape index (κ2) is 9.41. The average molecular weight is 463 g/mol. The second-order valence-electron chi connectivity index (χ2n) is 10.4. The minimum absolute atomic E-state index is 0.107. The normalized spacial score (nSPS) is 29.1. The lowest BCUT2D eigenvalue weighted by Gasteiger charge is -2.55. The van der Waals surface area contributed by atoms with Crippen LogP contribution in [0.4, 0.5) is 0 Å². The minimum Gasteiger partial charge on any atom is -0.508 e. The maximum Gasteiger partial charge on any atom is 0.302 e. The fourth-order valence-corrected chi connectivity index (χ4v) is 6.22. The highest BCUT2D eigenvalue weighted by Gasteiger charge is 2.54. The van der Waals surface area contributed by atoms with E-state index in [1.54, 1.807) is 6.07 Å². The van der Waals surface area contributed by atoms with Gasteiger partial charge in [0, 0.05) is 49.4 Å². The van der Waals surface area contributed by atoms with Crippen LogP contribution in [-0.4, -0.2) is 53.7 Å². The van der Waals surface area contributed by atoms with E-state index in [1.165, 1.54) is 19.8 Å². The van der Waals surface area contributed by atoms with Gasteiger partial charge < -0.3 is 20.1 Å². The molecule has 2 aromatic carbocycles. The van der Waals surface area contributed by atoms with Gasteiger partial charge in [-0.05, 0) is 68.0 Å². The summed E-state index contributed by atoms with van der Waals surface area (Å²) in [6.07, 6.45) is 4.58. The van der Waals surface area contributed by atoms with Gasteiger partial charge in [0.2, 0.25) is 0 Å². The smallest absolute Gasteiger partial charge is 0.302 e. The van der Waals surface area contributed by atoms with Gasteiger partial charge >= 0.3 is 5.97 Å². The molecule has 3 aliphatic rings. The number of nitrogens with one attached hydrogen (secondary N) is 1. The summed E-state index contributed by atoms with van der Waals surface area (Å²) in [5.74, 6) is 0.745. The Morgan fingerprint density at radius 1 is 1.15 bits per heavy atom. The van der Waals surface area contributed by atoms with E-state index in [0.717, 1.165) is 44.0 Å². The van der Waals surface area contributed by atoms with E-state index in [4.69, 9.17) is 4.74 Å². The summed E-state index contributed by atoms with van der Waals surface area (Å²) < 4.78 is 5.94. The van der Waals surface area contributed by atoms with Gasteiger partial charge in [0.25, 0.3) is 5.91 Å². The lowest BCUT2D eigenvalue weighted by molar-refractivity contribution is -0.157. The molecule has 0 spiro atoms. The molecule has 180 valence electrons. The number of ether oxygens (including phenoxy) is 1. The number of hydrogen-bond donors (Lipinski definition) is 2. The molecular formula is C28H34N2O4. The second-order valence-corrected chi connectivity index (χ2v) is 10.4. The number of fused-ring (bicyclic) bond motifs is 1. The van der Waals surface area contributed by atoms with E-state index >= 15 is 0 Å². The lowest BCUT2D eigenvalue weighted by Crippen LogP contribution is -2.61. The molecule has 2 aromatic rings. The molecule has 3 unspecified atom stereocenters. The van der Waals surface area contributed by atoms with Crippen molar-refractivity contribution in [2.75, 3.05) is 19.6 Å². The third kappa shape index (κ3) is 4.83. The molecule has 2 saturated carbocycles. The number of esters is 1. The zero-order valence-corrected chi connectivity index (χ0v) is 19.8. The van der Waals surface area contributed by atoms with Gasteiger partial charge in [0.15, 0.2) is 0 Å². The summed E-state index contributed by atoms with van der Waals surface area (Å²) in [4.78, 5) is 27.7. The van der Waals surface area contributed by atoms with Gasteiger partial charge in [-0.1, -0.05) is 30.3 Å². The van der Waals surface area contributed by atoms with Crippen LogP contribution in [0.3, 0.4) is 0 Å². The van der Waals surface area contributed by atoms with Crippen LogP contribution in [0.15, 0.2) is 54.6 Å². The van der Waals surface area contributed by atoms with Crippen molar-refractivity contribution < 1.29 is 19.4 Å². The van der Waals surface area contributed by atoms with Gasteiger partial charge in [-0.15, -0.1) is 0 Å². The first-order valence-corrected chi connectivity index (χ1v) is 12.5. The number of aromatic hydroxyl groups is 1. The number of nitrogens with zero attached hydrogens (tertiary/aromatic N) is 1. The number of carbonyl (C=O) groups excluding carboxylic acids is 2. The van der Waals surface area contributed by atoms with Gasteiger partial charge in [0.1, 0.15) is 11.9 Å². The van der Waals surface area contributed by atoms with Gasteiger partial charge in [-0.25, -0.2) is 0 Å². The molecule has 4 atom stereocenters. The topological polar surface area (TPSA) is 78.9 Å². The van der Waals surface area contributed by atoms with Crippen molar-refractivity contribution in [3.05, 3.63) is 65.7 Å². The third-order valence-corrected chi connectivity index (χ3v) is 7.94. The van der Waals surface area contributed by atoms with E-state index in [0.29, 0.717) is 12.0 Å². The maximum absolute atomic E-state index is 13.0. The fourth-order valence-electron chi connectivity index (χ4n) is 6.22. The van der Waals surface area contributed by atoms with Crippen molar-refractivity contribution in [2.24, 2.45) is 11.8 Å².